The van der Waals surface area contributed by atoms with Gasteiger partial charge in [-0.1, -0.05) is 0 Å². The van der Waals surface area contributed by atoms with Gasteiger partial charge >= 0.3 is 6.09 Å². The fraction of sp³-hybridized carbons (Fsp3) is 0.286. The average Bonchev–Trinajstić information content (AvgIpc) is 3.37. The van der Waals surface area contributed by atoms with Gasteiger partial charge in [-0.15, -0.1) is 0 Å². The van der Waals surface area contributed by atoms with E-state index in [1.165, 1.54) is 11.0 Å². The Morgan fingerprint density at radius 3 is 2.83 bits per heavy atom. The standard InChI is InChI=1S/C21H19FN4O3/c22-18-7-16(3-4-19(18)25-10-14-5-6-23-8-15(14)11-25)26-12-17(29-21(26)28)9-24-20(27)13-1-2-13/h3-8,10-11,13,17H,1-2,9,12H2,(H,24,27)/t17-/m0/s1. The second kappa shape index (κ2) is 6.88. The molecule has 1 N–H and O–H groups in total. The fourth-order valence-electron chi connectivity index (χ4n) is 3.53. The number of hydrogen-bond acceptors (Lipinski definition) is 4. The summed E-state index contributed by atoms with van der Waals surface area (Å²) >= 11 is 0. The van der Waals surface area contributed by atoms with E-state index in [9.17, 15) is 14.0 Å². The van der Waals surface area contributed by atoms with E-state index in [0.29, 0.717) is 11.4 Å². The molecule has 0 spiro atoms. The fourth-order valence-corrected chi connectivity index (χ4v) is 3.53. The van der Waals surface area contributed by atoms with Crippen molar-refractivity contribution >= 4 is 28.5 Å². The monoisotopic (exact) mass is 394 g/mol. The summed E-state index contributed by atoms with van der Waals surface area (Å²) < 4.78 is 21.8. The van der Waals surface area contributed by atoms with Gasteiger partial charge in [-0.05, 0) is 37.1 Å². The van der Waals surface area contributed by atoms with Gasteiger partial charge in [0, 0.05) is 41.5 Å². The van der Waals surface area contributed by atoms with Gasteiger partial charge in [0.1, 0.15) is 11.9 Å². The molecule has 29 heavy (non-hydrogen) atoms. The highest BCUT2D eigenvalue weighted by Gasteiger charge is 2.35. The number of nitrogens with one attached hydrogen (secondary N) is 1. The van der Waals surface area contributed by atoms with E-state index in [1.54, 1.807) is 29.1 Å². The van der Waals surface area contributed by atoms with Crippen LogP contribution in [-0.4, -0.2) is 40.7 Å². The molecule has 1 saturated heterocycles. The summed E-state index contributed by atoms with van der Waals surface area (Å²) in [6.07, 6.45) is 7.90. The van der Waals surface area contributed by atoms with Crippen LogP contribution in [0.2, 0.25) is 0 Å². The maximum Gasteiger partial charge on any atom is 0.414 e. The predicted octanol–water partition coefficient (Wildman–Crippen LogP) is 3.02. The van der Waals surface area contributed by atoms with Gasteiger partial charge in [-0.3, -0.25) is 14.7 Å². The molecule has 1 aromatic carbocycles. The molecule has 148 valence electrons. The third-order valence-electron chi connectivity index (χ3n) is 5.29. The van der Waals surface area contributed by atoms with Crippen molar-refractivity contribution in [3.63, 3.8) is 0 Å². The first-order valence-electron chi connectivity index (χ1n) is 9.56. The molecule has 2 aromatic heterocycles. The van der Waals surface area contributed by atoms with Crippen LogP contribution in [0.15, 0.2) is 49.1 Å². The Morgan fingerprint density at radius 2 is 2.07 bits per heavy atom. The van der Waals surface area contributed by atoms with E-state index >= 15 is 0 Å². The Balaban J connectivity index is 1.31. The number of rotatable bonds is 5. The first kappa shape index (κ1) is 17.7. The van der Waals surface area contributed by atoms with E-state index in [1.807, 2.05) is 18.5 Å². The highest BCUT2D eigenvalue weighted by molar-refractivity contribution is 5.90. The van der Waals surface area contributed by atoms with Crippen LogP contribution >= 0.6 is 0 Å². The Labute approximate surface area is 166 Å². The number of carbonyl (C=O) groups is 2. The molecule has 0 unspecified atom stereocenters. The number of halogens is 1. The summed E-state index contributed by atoms with van der Waals surface area (Å²) in [6, 6.07) is 6.51. The largest absolute Gasteiger partial charge is 0.442 e. The third kappa shape index (κ3) is 3.41. The molecule has 7 nitrogen and oxygen atoms in total. The molecule has 8 heteroatoms. The number of ether oxygens (including phenoxy) is 1. The predicted molar refractivity (Wildman–Crippen MR) is 104 cm³/mol. The number of aromatic nitrogens is 2. The van der Waals surface area contributed by atoms with Crippen molar-refractivity contribution in [2.24, 2.45) is 5.92 Å². The van der Waals surface area contributed by atoms with Crippen molar-refractivity contribution in [3.05, 3.63) is 54.9 Å². The first-order chi connectivity index (χ1) is 14.1. The number of hydrogen-bond donors (Lipinski definition) is 1. The lowest BCUT2D eigenvalue weighted by molar-refractivity contribution is -0.122. The summed E-state index contributed by atoms with van der Waals surface area (Å²) in [5, 5.41) is 4.68. The molecule has 2 fully saturated rings. The van der Waals surface area contributed by atoms with Gasteiger partial charge in [-0.2, -0.15) is 0 Å². The molecule has 5 rings (SSSR count). The Bertz CT molecular complexity index is 1080. The summed E-state index contributed by atoms with van der Waals surface area (Å²) in [5.41, 5.74) is 0.802. The van der Waals surface area contributed by atoms with Gasteiger partial charge in [0.05, 0.1) is 24.5 Å². The van der Waals surface area contributed by atoms with Crippen LogP contribution in [0.3, 0.4) is 0 Å². The van der Waals surface area contributed by atoms with E-state index in [4.69, 9.17) is 4.74 Å². The molecule has 2 aliphatic rings. The lowest BCUT2D eigenvalue weighted by Gasteiger charge is -2.15. The molecule has 3 aromatic rings. The Morgan fingerprint density at radius 1 is 1.24 bits per heavy atom. The highest BCUT2D eigenvalue weighted by atomic mass is 19.1. The molecular weight excluding hydrogens is 375 g/mol. The second-order valence-electron chi connectivity index (χ2n) is 7.44. The number of benzene rings is 1. The van der Waals surface area contributed by atoms with Crippen molar-refractivity contribution in [2.75, 3.05) is 18.0 Å². The lowest BCUT2D eigenvalue weighted by atomic mass is 10.2. The zero-order valence-electron chi connectivity index (χ0n) is 15.5. The normalized spacial score (nSPS) is 18.9. The maximum absolute atomic E-state index is 14.8. The minimum atomic E-state index is -0.541. The molecule has 1 saturated carbocycles. The van der Waals surface area contributed by atoms with Gasteiger partial charge < -0.3 is 14.6 Å². The van der Waals surface area contributed by atoms with E-state index < -0.39 is 18.0 Å². The molecule has 1 aliphatic carbocycles. The summed E-state index contributed by atoms with van der Waals surface area (Å²) in [5.74, 6) is -0.343. The van der Waals surface area contributed by atoms with Crippen molar-refractivity contribution in [2.45, 2.75) is 18.9 Å². The number of fused-ring (bicyclic) bond motifs is 1. The smallest absolute Gasteiger partial charge is 0.414 e. The van der Waals surface area contributed by atoms with Crippen LogP contribution in [0.1, 0.15) is 12.8 Å². The summed E-state index contributed by atoms with van der Waals surface area (Å²) in [6.45, 7) is 0.532. The molecule has 3 heterocycles. The van der Waals surface area contributed by atoms with Gasteiger partial charge in [0.15, 0.2) is 0 Å². The number of pyridine rings is 1. The van der Waals surface area contributed by atoms with Crippen LogP contribution in [-0.2, 0) is 9.53 Å². The van der Waals surface area contributed by atoms with Crippen LogP contribution in [0, 0.1) is 11.7 Å². The zero-order valence-corrected chi connectivity index (χ0v) is 15.5. The van der Waals surface area contributed by atoms with E-state index in [2.05, 4.69) is 10.3 Å². The molecular formula is C21H19FN4O3. The van der Waals surface area contributed by atoms with E-state index in [-0.39, 0.29) is 24.9 Å². The Hall–Kier alpha value is -3.42. The number of carbonyl (C=O) groups excluding carboxylic acids is 2. The molecule has 1 aliphatic heterocycles. The van der Waals surface area contributed by atoms with Crippen molar-refractivity contribution in [3.8, 4) is 5.69 Å². The van der Waals surface area contributed by atoms with Crippen molar-refractivity contribution in [1.82, 2.24) is 14.9 Å². The second-order valence-corrected chi connectivity index (χ2v) is 7.44. The first-order valence-corrected chi connectivity index (χ1v) is 9.56. The number of anilines is 1. The molecule has 0 bridgehead atoms. The molecule has 2 amide bonds. The van der Waals surface area contributed by atoms with Crippen LogP contribution in [0.25, 0.3) is 16.5 Å². The summed E-state index contributed by atoms with van der Waals surface area (Å²) in [4.78, 5) is 29.4. The van der Waals surface area contributed by atoms with Crippen molar-refractivity contribution < 1.29 is 18.7 Å². The number of nitrogens with zero attached hydrogens (tertiary/aromatic N) is 3. The zero-order chi connectivity index (χ0) is 20.0. The Kier molecular flexibility index (Phi) is 4.19. The number of amides is 2. The minimum absolute atomic E-state index is 0.00389. The van der Waals surface area contributed by atoms with Gasteiger partial charge in [0.2, 0.25) is 5.91 Å². The minimum Gasteiger partial charge on any atom is -0.442 e. The topological polar surface area (TPSA) is 76.5 Å². The van der Waals surface area contributed by atoms with Crippen molar-refractivity contribution in [1.29, 1.82) is 0 Å². The van der Waals surface area contributed by atoms with Crippen LogP contribution < -0.4 is 10.2 Å². The quantitative estimate of drug-likeness (QED) is 0.722. The van der Waals surface area contributed by atoms with E-state index in [0.717, 1.165) is 23.6 Å². The molecule has 0 radical (unpaired) electrons. The van der Waals surface area contributed by atoms with Crippen LogP contribution in [0.5, 0.6) is 0 Å². The number of cyclic esters (lactones) is 1. The SMILES string of the molecule is O=C(NC[C@H]1CN(c2ccc(-n3cc4ccncc4c3)c(F)c2)C(=O)O1)C1CC1. The van der Waals surface area contributed by atoms with Gasteiger partial charge in [-0.25, -0.2) is 9.18 Å². The average molecular weight is 394 g/mol. The maximum atomic E-state index is 14.8. The third-order valence-corrected chi connectivity index (χ3v) is 5.29. The lowest BCUT2D eigenvalue weighted by Crippen LogP contribution is -2.35. The summed E-state index contributed by atoms with van der Waals surface area (Å²) in [7, 11) is 0. The highest BCUT2D eigenvalue weighted by Crippen LogP contribution is 2.29. The molecule has 1 atom stereocenters. The van der Waals surface area contributed by atoms with Crippen LogP contribution in [0.4, 0.5) is 14.9 Å². The van der Waals surface area contributed by atoms with Gasteiger partial charge in [0.25, 0.3) is 0 Å².